The first-order valence-corrected chi connectivity index (χ1v) is 7.35. The number of anilines is 1. The molecule has 0 unspecified atom stereocenters. The number of nitrogens with one attached hydrogen (secondary N) is 1. The van der Waals surface area contributed by atoms with E-state index in [1.807, 2.05) is 0 Å². The van der Waals surface area contributed by atoms with Gasteiger partial charge in [-0.3, -0.25) is 4.79 Å². The number of ether oxygens (including phenoxy) is 1. The molecule has 120 valence electrons. The Hall–Kier alpha value is -2.11. The average molecular weight is 356 g/mol. The third-order valence-electron chi connectivity index (χ3n) is 2.93. The van der Waals surface area contributed by atoms with Crippen LogP contribution in [0.1, 0.15) is 17.3 Å². The predicted molar refractivity (Wildman–Crippen MR) is 86.4 cm³/mol. The highest BCUT2D eigenvalue weighted by molar-refractivity contribution is 6.33. The molecule has 0 saturated carbocycles. The van der Waals surface area contributed by atoms with Crippen LogP contribution in [0.3, 0.4) is 0 Å². The van der Waals surface area contributed by atoms with E-state index in [2.05, 4.69) is 5.32 Å². The number of esters is 1. The Morgan fingerprint density at radius 3 is 2.39 bits per heavy atom. The molecule has 2 aromatic rings. The second-order valence-electron chi connectivity index (χ2n) is 4.64. The molecule has 1 N–H and O–H groups in total. The van der Waals surface area contributed by atoms with Crippen LogP contribution in [0.25, 0.3) is 0 Å². The number of benzene rings is 2. The zero-order valence-electron chi connectivity index (χ0n) is 12.0. The van der Waals surface area contributed by atoms with E-state index in [0.717, 1.165) is 6.07 Å². The van der Waals surface area contributed by atoms with Crippen molar-refractivity contribution >= 4 is 40.8 Å². The van der Waals surface area contributed by atoms with Crippen molar-refractivity contribution in [1.29, 1.82) is 0 Å². The lowest BCUT2D eigenvalue weighted by atomic mass is 10.2. The summed E-state index contributed by atoms with van der Waals surface area (Å²) >= 11 is 11.5. The molecular weight excluding hydrogens is 344 g/mol. The van der Waals surface area contributed by atoms with Gasteiger partial charge in [0.05, 0.1) is 5.02 Å². The van der Waals surface area contributed by atoms with Crippen LogP contribution in [0.4, 0.5) is 10.1 Å². The maximum Gasteiger partial charge on any atom is 0.343 e. The van der Waals surface area contributed by atoms with Gasteiger partial charge in [0, 0.05) is 10.7 Å². The van der Waals surface area contributed by atoms with E-state index in [1.165, 1.54) is 19.1 Å². The molecule has 0 aliphatic heterocycles. The number of hydrogen-bond donors (Lipinski definition) is 1. The Labute approximate surface area is 142 Å². The van der Waals surface area contributed by atoms with Crippen molar-refractivity contribution in [2.45, 2.75) is 13.0 Å². The van der Waals surface area contributed by atoms with Crippen LogP contribution in [0.5, 0.6) is 0 Å². The molecular formula is C16H12Cl2FNO3. The lowest BCUT2D eigenvalue weighted by Gasteiger charge is -2.14. The highest BCUT2D eigenvalue weighted by Crippen LogP contribution is 2.20. The smallest absolute Gasteiger partial charge is 0.343 e. The molecule has 0 radical (unpaired) electrons. The van der Waals surface area contributed by atoms with Gasteiger partial charge >= 0.3 is 5.97 Å². The maximum absolute atomic E-state index is 13.6. The number of rotatable bonds is 4. The minimum absolute atomic E-state index is 0.0830. The summed E-state index contributed by atoms with van der Waals surface area (Å²) in [5.74, 6) is -2.38. The highest BCUT2D eigenvalue weighted by atomic mass is 35.5. The lowest BCUT2D eigenvalue weighted by Crippen LogP contribution is -2.30. The van der Waals surface area contributed by atoms with Crippen LogP contribution in [-0.4, -0.2) is 18.0 Å². The van der Waals surface area contributed by atoms with E-state index >= 15 is 0 Å². The van der Waals surface area contributed by atoms with Gasteiger partial charge in [-0.05, 0) is 43.3 Å². The van der Waals surface area contributed by atoms with Crippen molar-refractivity contribution in [2.24, 2.45) is 0 Å². The molecule has 0 heterocycles. The third-order valence-corrected chi connectivity index (χ3v) is 3.50. The van der Waals surface area contributed by atoms with E-state index < -0.39 is 29.4 Å². The van der Waals surface area contributed by atoms with Gasteiger partial charge in [0.15, 0.2) is 6.10 Å². The first-order chi connectivity index (χ1) is 10.9. The summed E-state index contributed by atoms with van der Waals surface area (Å²) in [6, 6.07) is 10.2. The van der Waals surface area contributed by atoms with Crippen molar-refractivity contribution in [1.82, 2.24) is 0 Å². The number of halogens is 3. The van der Waals surface area contributed by atoms with Gasteiger partial charge in [-0.15, -0.1) is 0 Å². The van der Waals surface area contributed by atoms with Gasteiger partial charge < -0.3 is 10.1 Å². The number of amides is 1. The van der Waals surface area contributed by atoms with Crippen molar-refractivity contribution in [2.75, 3.05) is 5.32 Å². The average Bonchev–Trinajstić information content (AvgIpc) is 2.49. The summed E-state index contributed by atoms with van der Waals surface area (Å²) in [6.45, 7) is 1.37. The van der Waals surface area contributed by atoms with Crippen molar-refractivity contribution in [3.05, 3.63) is 63.9 Å². The summed E-state index contributed by atoms with van der Waals surface area (Å²) in [7, 11) is 0. The van der Waals surface area contributed by atoms with E-state index in [-0.39, 0.29) is 5.02 Å². The zero-order valence-corrected chi connectivity index (χ0v) is 13.5. The fraction of sp³-hybridized carbons (Fsp3) is 0.125. The standard InChI is InChI=1S/C16H12Cl2FNO3/c1-9(15(21)20-11-7-5-10(17)6-8-11)23-16(22)14-12(18)3-2-4-13(14)19/h2-9H,1H3,(H,20,21)/t9-/m0/s1. The molecule has 2 rings (SSSR count). The van der Waals surface area contributed by atoms with E-state index in [4.69, 9.17) is 27.9 Å². The van der Waals surface area contributed by atoms with Gasteiger partial charge in [0.2, 0.25) is 0 Å². The Bertz CT molecular complexity index is 714. The molecule has 0 aliphatic carbocycles. The van der Waals surface area contributed by atoms with Crippen LogP contribution in [0, 0.1) is 5.82 Å². The molecule has 1 amide bonds. The molecule has 7 heteroatoms. The monoisotopic (exact) mass is 355 g/mol. The van der Waals surface area contributed by atoms with Gasteiger partial charge in [-0.2, -0.15) is 0 Å². The first kappa shape index (κ1) is 17.2. The van der Waals surface area contributed by atoms with Crippen LogP contribution < -0.4 is 5.32 Å². The second kappa shape index (κ2) is 7.44. The van der Waals surface area contributed by atoms with Crippen LogP contribution in [0.15, 0.2) is 42.5 Å². The van der Waals surface area contributed by atoms with Crippen LogP contribution >= 0.6 is 23.2 Å². The predicted octanol–water partition coefficient (Wildman–Crippen LogP) is 4.32. The Balaban J connectivity index is 2.03. The van der Waals surface area contributed by atoms with Crippen molar-refractivity contribution in [3.63, 3.8) is 0 Å². The summed E-state index contributed by atoms with van der Waals surface area (Å²) in [6.07, 6.45) is -1.13. The quantitative estimate of drug-likeness (QED) is 0.831. The van der Waals surface area contributed by atoms with Crippen LogP contribution in [0.2, 0.25) is 10.0 Å². The van der Waals surface area contributed by atoms with E-state index in [0.29, 0.717) is 10.7 Å². The zero-order chi connectivity index (χ0) is 17.0. The molecule has 0 fully saturated rings. The minimum Gasteiger partial charge on any atom is -0.449 e. The summed E-state index contributed by atoms with van der Waals surface area (Å²) in [4.78, 5) is 23.9. The van der Waals surface area contributed by atoms with Crippen molar-refractivity contribution < 1.29 is 18.7 Å². The van der Waals surface area contributed by atoms with Gasteiger partial charge in [0.1, 0.15) is 11.4 Å². The molecule has 0 bridgehead atoms. The van der Waals surface area contributed by atoms with E-state index in [1.54, 1.807) is 24.3 Å². The summed E-state index contributed by atoms with van der Waals surface area (Å²) < 4.78 is 18.6. The Morgan fingerprint density at radius 2 is 1.78 bits per heavy atom. The number of hydrogen-bond acceptors (Lipinski definition) is 3. The Morgan fingerprint density at radius 1 is 1.13 bits per heavy atom. The fourth-order valence-electron chi connectivity index (χ4n) is 1.74. The first-order valence-electron chi connectivity index (χ1n) is 6.60. The fourth-order valence-corrected chi connectivity index (χ4v) is 2.11. The molecule has 0 saturated heterocycles. The van der Waals surface area contributed by atoms with E-state index in [9.17, 15) is 14.0 Å². The molecule has 0 aliphatic rings. The molecule has 23 heavy (non-hydrogen) atoms. The number of carbonyl (C=O) groups is 2. The SMILES string of the molecule is C[C@H](OC(=O)c1c(F)cccc1Cl)C(=O)Nc1ccc(Cl)cc1. The van der Waals surface area contributed by atoms with Gasteiger partial charge in [-0.1, -0.05) is 29.3 Å². The third kappa shape index (κ3) is 4.43. The maximum atomic E-state index is 13.6. The van der Waals surface area contributed by atoms with Crippen molar-refractivity contribution in [3.8, 4) is 0 Å². The lowest BCUT2D eigenvalue weighted by molar-refractivity contribution is -0.123. The normalized spacial score (nSPS) is 11.7. The molecule has 0 aromatic heterocycles. The Kier molecular flexibility index (Phi) is 5.58. The number of carbonyl (C=O) groups excluding carboxylic acids is 2. The molecule has 4 nitrogen and oxygen atoms in total. The second-order valence-corrected chi connectivity index (χ2v) is 5.48. The summed E-state index contributed by atoms with van der Waals surface area (Å²) in [5.41, 5.74) is 0.0894. The highest BCUT2D eigenvalue weighted by Gasteiger charge is 2.23. The minimum atomic E-state index is -1.13. The van der Waals surface area contributed by atoms with Gasteiger partial charge in [0.25, 0.3) is 5.91 Å². The van der Waals surface area contributed by atoms with Gasteiger partial charge in [-0.25, -0.2) is 9.18 Å². The molecule has 2 aromatic carbocycles. The summed E-state index contributed by atoms with van der Waals surface area (Å²) in [5, 5.41) is 3.00. The molecule has 0 spiro atoms. The van der Waals surface area contributed by atoms with Crippen LogP contribution in [-0.2, 0) is 9.53 Å². The molecule has 1 atom stereocenters. The largest absolute Gasteiger partial charge is 0.449 e. The topological polar surface area (TPSA) is 55.4 Å².